The van der Waals surface area contributed by atoms with Crippen LogP contribution in [0.4, 0.5) is 16.3 Å². The highest BCUT2D eigenvalue weighted by Gasteiger charge is 2.20. The van der Waals surface area contributed by atoms with Gasteiger partial charge in [0.2, 0.25) is 0 Å². The van der Waals surface area contributed by atoms with Crippen LogP contribution in [0.2, 0.25) is 0 Å². The number of carboxylic acid groups (broad SMARTS) is 1. The molecule has 1 aromatic rings. The zero-order chi connectivity index (χ0) is 14.4. The summed E-state index contributed by atoms with van der Waals surface area (Å²) in [6, 6.07) is 0.356. The van der Waals surface area contributed by atoms with E-state index in [-0.39, 0.29) is 18.9 Å². The summed E-state index contributed by atoms with van der Waals surface area (Å²) in [6.07, 6.45) is 0.854. The van der Waals surface area contributed by atoms with Crippen LogP contribution in [-0.2, 0) is 0 Å². The maximum absolute atomic E-state index is 10.9. The van der Waals surface area contributed by atoms with Crippen molar-refractivity contribution >= 4 is 23.5 Å². The number of primary amides is 1. The van der Waals surface area contributed by atoms with E-state index in [1.54, 1.807) is 0 Å². The number of anilines is 1. The molecule has 1 rings (SSSR count). The highest BCUT2D eigenvalue weighted by Crippen LogP contribution is 2.19. The van der Waals surface area contributed by atoms with Crippen molar-refractivity contribution in [3.63, 3.8) is 0 Å². The lowest BCUT2D eigenvalue weighted by Crippen LogP contribution is -2.33. The molecule has 0 atom stereocenters. The molecule has 0 aliphatic rings. The Balaban J connectivity index is 2.76. The predicted octanol–water partition coefficient (Wildman–Crippen LogP) is -0.232. The van der Waals surface area contributed by atoms with E-state index in [0.29, 0.717) is 0 Å². The van der Waals surface area contributed by atoms with Crippen LogP contribution < -0.4 is 16.4 Å². The first-order valence-electron chi connectivity index (χ1n) is 5.06. The number of hydrogen-bond acceptors (Lipinski definition) is 6. The maximum atomic E-state index is 10.9. The van der Waals surface area contributed by atoms with Gasteiger partial charge in [0.25, 0.3) is 0 Å². The lowest BCUT2D eigenvalue weighted by atomic mass is 10.2. The molecule has 0 radical (unpaired) electrons. The van der Waals surface area contributed by atoms with E-state index in [4.69, 9.17) is 10.8 Å². The summed E-state index contributed by atoms with van der Waals surface area (Å²) in [5, 5.41) is 24.4. The van der Waals surface area contributed by atoms with Gasteiger partial charge in [-0.2, -0.15) is 0 Å². The Labute approximate surface area is 106 Å². The lowest BCUT2D eigenvalue weighted by molar-refractivity contribution is -0.385. The monoisotopic (exact) mass is 269 g/mol. The maximum Gasteiger partial charge on any atom is 0.342 e. The molecule has 102 valence electrons. The molecule has 10 heteroatoms. The Kier molecular flexibility index (Phi) is 4.57. The van der Waals surface area contributed by atoms with Crippen molar-refractivity contribution < 1.29 is 19.6 Å². The van der Waals surface area contributed by atoms with Gasteiger partial charge in [0, 0.05) is 19.2 Å². The number of amides is 2. The molecule has 0 saturated carbocycles. The Bertz CT molecular complexity index is 518. The van der Waals surface area contributed by atoms with Crippen LogP contribution in [0.25, 0.3) is 0 Å². The molecule has 0 fully saturated rings. The molecule has 0 unspecified atom stereocenters. The van der Waals surface area contributed by atoms with Gasteiger partial charge in [-0.25, -0.2) is 14.6 Å². The van der Waals surface area contributed by atoms with Gasteiger partial charge in [-0.3, -0.25) is 10.1 Å². The fourth-order valence-electron chi connectivity index (χ4n) is 1.24. The van der Waals surface area contributed by atoms with Gasteiger partial charge >= 0.3 is 17.7 Å². The number of aromatic carboxylic acids is 1. The third-order valence-electron chi connectivity index (χ3n) is 2.04. The van der Waals surface area contributed by atoms with Crippen LogP contribution in [0.3, 0.4) is 0 Å². The topological polar surface area (TPSA) is 160 Å². The summed E-state index contributed by atoms with van der Waals surface area (Å²) >= 11 is 0. The molecular formula is C9H11N5O5. The van der Waals surface area contributed by atoms with Crippen molar-refractivity contribution in [1.82, 2.24) is 10.3 Å². The fourth-order valence-corrected chi connectivity index (χ4v) is 1.24. The highest BCUT2D eigenvalue weighted by molar-refractivity contribution is 5.93. The Hall–Kier alpha value is -2.91. The first kappa shape index (κ1) is 14.2. The number of rotatable bonds is 6. The van der Waals surface area contributed by atoms with Gasteiger partial charge in [-0.05, 0) is 0 Å². The van der Waals surface area contributed by atoms with Crippen LogP contribution in [0, 0.1) is 10.1 Å². The molecule has 0 spiro atoms. The molecule has 10 nitrogen and oxygen atoms in total. The molecule has 0 aromatic carbocycles. The van der Waals surface area contributed by atoms with Crippen LogP contribution in [0.1, 0.15) is 10.4 Å². The third kappa shape index (κ3) is 4.11. The largest absolute Gasteiger partial charge is 0.477 e. The summed E-state index contributed by atoms with van der Waals surface area (Å²) in [5.41, 5.74) is 3.79. The van der Waals surface area contributed by atoms with Gasteiger partial charge in [-0.1, -0.05) is 0 Å². The second-order valence-corrected chi connectivity index (χ2v) is 3.37. The molecule has 19 heavy (non-hydrogen) atoms. The van der Waals surface area contributed by atoms with E-state index in [1.807, 2.05) is 0 Å². The first-order chi connectivity index (χ1) is 8.91. The van der Waals surface area contributed by atoms with Gasteiger partial charge in [0.15, 0.2) is 0 Å². The normalized spacial score (nSPS) is 9.68. The van der Waals surface area contributed by atoms with Crippen molar-refractivity contribution in [1.29, 1.82) is 0 Å². The number of nitrogens with two attached hydrogens (primary N) is 1. The molecular weight excluding hydrogens is 258 g/mol. The Morgan fingerprint density at radius 1 is 1.47 bits per heavy atom. The highest BCUT2D eigenvalue weighted by atomic mass is 16.6. The van der Waals surface area contributed by atoms with Crippen molar-refractivity contribution in [2.75, 3.05) is 18.4 Å². The summed E-state index contributed by atoms with van der Waals surface area (Å²) in [6.45, 7) is 0.448. The number of carboxylic acids is 1. The Morgan fingerprint density at radius 3 is 2.68 bits per heavy atom. The van der Waals surface area contributed by atoms with Gasteiger partial charge < -0.3 is 21.5 Å². The number of aromatic nitrogens is 1. The van der Waals surface area contributed by atoms with E-state index >= 15 is 0 Å². The smallest absolute Gasteiger partial charge is 0.342 e. The Morgan fingerprint density at radius 2 is 2.16 bits per heavy atom. The molecule has 0 bridgehead atoms. The summed E-state index contributed by atoms with van der Waals surface area (Å²) in [4.78, 5) is 34.7. The number of nitrogens with one attached hydrogen (secondary N) is 2. The standard InChI is InChI=1S/C9H11N5O5/c10-9(17)12-2-1-11-7-3-5(8(15)16)6(4-13-7)14(18)19/h3-4H,1-2H2,(H,11,13)(H,15,16)(H3,10,12,17). The molecule has 2 amide bonds. The van der Waals surface area contributed by atoms with Crippen LogP contribution in [0.15, 0.2) is 12.3 Å². The summed E-state index contributed by atoms with van der Waals surface area (Å²) < 4.78 is 0. The average Bonchev–Trinajstić information content (AvgIpc) is 2.33. The molecule has 0 aliphatic carbocycles. The van der Waals surface area contributed by atoms with E-state index < -0.39 is 28.2 Å². The number of carbonyl (C=O) groups is 2. The van der Waals surface area contributed by atoms with E-state index in [0.717, 1.165) is 12.3 Å². The van der Waals surface area contributed by atoms with Gasteiger partial charge in [0.05, 0.1) is 4.92 Å². The number of hydrogen-bond donors (Lipinski definition) is 4. The number of urea groups is 1. The number of pyridine rings is 1. The minimum Gasteiger partial charge on any atom is -0.477 e. The van der Waals surface area contributed by atoms with Crippen LogP contribution >= 0.6 is 0 Å². The SMILES string of the molecule is NC(=O)NCCNc1cc(C(=O)O)c([N+](=O)[O-])cn1. The molecule has 1 heterocycles. The second-order valence-electron chi connectivity index (χ2n) is 3.37. The molecule has 1 aromatic heterocycles. The zero-order valence-electron chi connectivity index (χ0n) is 9.62. The molecule has 0 aliphatic heterocycles. The van der Waals surface area contributed by atoms with Crippen molar-refractivity contribution in [2.45, 2.75) is 0 Å². The van der Waals surface area contributed by atoms with E-state index in [1.165, 1.54) is 0 Å². The molecule has 0 saturated heterocycles. The van der Waals surface area contributed by atoms with Gasteiger partial charge in [-0.15, -0.1) is 0 Å². The van der Waals surface area contributed by atoms with Crippen molar-refractivity contribution in [3.8, 4) is 0 Å². The van der Waals surface area contributed by atoms with Crippen molar-refractivity contribution in [3.05, 3.63) is 27.9 Å². The predicted molar refractivity (Wildman–Crippen MR) is 63.9 cm³/mol. The van der Waals surface area contributed by atoms with E-state index in [9.17, 15) is 19.7 Å². The molecule has 5 N–H and O–H groups in total. The minimum absolute atomic E-state index is 0.147. The second kappa shape index (κ2) is 6.14. The quantitative estimate of drug-likeness (QED) is 0.315. The number of nitrogens with zero attached hydrogens (tertiary/aromatic N) is 2. The van der Waals surface area contributed by atoms with Crippen LogP contribution in [-0.4, -0.2) is 40.1 Å². The fraction of sp³-hybridized carbons (Fsp3) is 0.222. The summed E-state index contributed by atoms with van der Waals surface area (Å²) in [7, 11) is 0. The minimum atomic E-state index is -1.42. The zero-order valence-corrected chi connectivity index (χ0v) is 9.62. The average molecular weight is 269 g/mol. The first-order valence-corrected chi connectivity index (χ1v) is 5.06. The number of nitro groups is 1. The number of carbonyl (C=O) groups excluding carboxylic acids is 1. The third-order valence-corrected chi connectivity index (χ3v) is 2.04. The lowest BCUT2D eigenvalue weighted by Gasteiger charge is -2.06. The van der Waals surface area contributed by atoms with Gasteiger partial charge in [0.1, 0.15) is 17.6 Å². The van der Waals surface area contributed by atoms with Crippen molar-refractivity contribution in [2.24, 2.45) is 5.73 Å². The van der Waals surface area contributed by atoms with Crippen LogP contribution in [0.5, 0.6) is 0 Å². The van der Waals surface area contributed by atoms with E-state index in [2.05, 4.69) is 15.6 Å². The summed E-state index contributed by atoms with van der Waals surface area (Å²) in [5.74, 6) is -1.28.